The van der Waals surface area contributed by atoms with E-state index in [2.05, 4.69) is 234 Å². The van der Waals surface area contributed by atoms with Crippen molar-refractivity contribution in [2.45, 2.75) is 52.4 Å². The van der Waals surface area contributed by atoms with Crippen LogP contribution in [0.3, 0.4) is 0 Å². The Hall–Kier alpha value is -6.48. The average Bonchev–Trinajstić information content (AvgIpc) is 3.65. The summed E-state index contributed by atoms with van der Waals surface area (Å²) < 4.78 is 2.62. The van der Waals surface area contributed by atoms with Gasteiger partial charge in [-0.15, -0.1) is 11.3 Å². The second kappa shape index (κ2) is 14.7. The number of anilines is 3. The van der Waals surface area contributed by atoms with Crippen LogP contribution in [0.4, 0.5) is 17.1 Å². The molecule has 0 aliphatic heterocycles. The molecule has 0 spiro atoms. The zero-order valence-electron chi connectivity index (χ0n) is 35.3. The van der Waals surface area contributed by atoms with Gasteiger partial charge in [0.2, 0.25) is 0 Å². The number of benzene rings is 9. The average molecular weight is 792 g/mol. The third-order valence-electron chi connectivity index (χ3n) is 12.2. The van der Waals surface area contributed by atoms with Gasteiger partial charge in [0.05, 0.1) is 17.1 Å². The maximum Gasteiger partial charge on any atom is 0.0541 e. The van der Waals surface area contributed by atoms with Gasteiger partial charge in [0.1, 0.15) is 0 Å². The van der Waals surface area contributed by atoms with E-state index in [1.165, 1.54) is 86.2 Å². The van der Waals surface area contributed by atoms with Gasteiger partial charge in [-0.05, 0) is 79.1 Å². The van der Waals surface area contributed by atoms with Crippen LogP contribution in [0.25, 0.3) is 75.1 Å². The van der Waals surface area contributed by atoms with E-state index in [4.69, 9.17) is 0 Å². The number of nitrogens with zero attached hydrogens (tertiary/aromatic N) is 1. The van der Waals surface area contributed by atoms with Gasteiger partial charge < -0.3 is 4.90 Å². The van der Waals surface area contributed by atoms with Crippen LogP contribution in [0.1, 0.15) is 52.7 Å². The van der Waals surface area contributed by atoms with Gasteiger partial charge >= 0.3 is 0 Å². The monoisotopic (exact) mass is 791 g/mol. The zero-order chi connectivity index (χ0) is 41.2. The fraction of sp³-hybridized carbons (Fsp3) is 0.138. The third-order valence-corrected chi connectivity index (χ3v) is 13.4. The first-order valence-electron chi connectivity index (χ1n) is 21.1. The minimum atomic E-state index is 0.00252. The Morgan fingerprint density at radius 3 is 1.53 bits per heavy atom. The van der Waals surface area contributed by atoms with Crippen molar-refractivity contribution >= 4 is 70.1 Å². The molecule has 0 saturated heterocycles. The third kappa shape index (κ3) is 6.57. The lowest BCUT2D eigenvalue weighted by Gasteiger charge is -2.31. The molecule has 10 aromatic rings. The molecule has 0 aliphatic rings. The van der Waals surface area contributed by atoms with Crippen molar-refractivity contribution in [2.75, 3.05) is 4.90 Å². The van der Waals surface area contributed by atoms with Gasteiger partial charge in [0, 0.05) is 42.2 Å². The molecule has 0 atom stereocenters. The molecule has 2 heteroatoms. The molecule has 0 N–H and O–H groups in total. The molecule has 0 aliphatic carbocycles. The Bertz CT molecular complexity index is 3200. The van der Waals surface area contributed by atoms with Gasteiger partial charge in [-0.3, -0.25) is 0 Å². The Labute approximate surface area is 358 Å². The van der Waals surface area contributed by atoms with Gasteiger partial charge in [-0.2, -0.15) is 0 Å². The summed E-state index contributed by atoms with van der Waals surface area (Å²) in [5, 5.41) is 7.52. The minimum absolute atomic E-state index is 0.00252. The first-order chi connectivity index (χ1) is 29.0. The second-order valence-electron chi connectivity index (χ2n) is 18.2. The molecule has 0 fully saturated rings. The highest BCUT2D eigenvalue weighted by Gasteiger charge is 2.26. The smallest absolute Gasteiger partial charge is 0.0541 e. The van der Waals surface area contributed by atoms with E-state index in [1.807, 2.05) is 11.3 Å². The molecule has 60 heavy (non-hydrogen) atoms. The summed E-state index contributed by atoms with van der Waals surface area (Å²) in [7, 11) is 0. The van der Waals surface area contributed by atoms with Crippen molar-refractivity contribution < 1.29 is 0 Å². The highest BCUT2D eigenvalue weighted by Crippen LogP contribution is 2.50. The van der Waals surface area contributed by atoms with Crippen LogP contribution in [0.5, 0.6) is 0 Å². The van der Waals surface area contributed by atoms with Crippen molar-refractivity contribution in [1.82, 2.24) is 0 Å². The fourth-order valence-corrected chi connectivity index (χ4v) is 10.2. The summed E-state index contributed by atoms with van der Waals surface area (Å²) in [5.41, 5.74) is 13.5. The molecule has 0 saturated carbocycles. The molecule has 1 aromatic heterocycles. The van der Waals surface area contributed by atoms with Crippen LogP contribution < -0.4 is 4.90 Å². The van der Waals surface area contributed by atoms with Crippen molar-refractivity contribution in [1.29, 1.82) is 0 Å². The number of hydrogen-bond donors (Lipinski definition) is 0. The molecule has 1 heterocycles. The van der Waals surface area contributed by atoms with Gasteiger partial charge in [0.25, 0.3) is 0 Å². The van der Waals surface area contributed by atoms with Crippen LogP contribution in [-0.2, 0) is 10.8 Å². The highest BCUT2D eigenvalue weighted by molar-refractivity contribution is 7.26. The topological polar surface area (TPSA) is 3.24 Å². The van der Waals surface area contributed by atoms with Crippen molar-refractivity contribution in [3.05, 3.63) is 199 Å². The first kappa shape index (κ1) is 37.8. The number of rotatable bonds is 6. The van der Waals surface area contributed by atoms with E-state index in [-0.39, 0.29) is 10.8 Å². The molecular formula is C58H49NS. The fourth-order valence-electron chi connectivity index (χ4n) is 9.00. The Morgan fingerprint density at radius 1 is 0.367 bits per heavy atom. The maximum absolute atomic E-state index is 2.53. The summed E-state index contributed by atoms with van der Waals surface area (Å²) in [6, 6.07) is 70.0. The normalized spacial score (nSPS) is 12.2. The van der Waals surface area contributed by atoms with Crippen LogP contribution >= 0.6 is 11.3 Å². The molecule has 9 aromatic carbocycles. The molecule has 10 rings (SSSR count). The lowest BCUT2D eigenvalue weighted by molar-refractivity contribution is 0.569. The largest absolute Gasteiger partial charge is 0.309 e. The molecule has 1 nitrogen and oxygen atoms in total. The van der Waals surface area contributed by atoms with E-state index >= 15 is 0 Å². The molecule has 0 bridgehead atoms. The minimum Gasteiger partial charge on any atom is -0.309 e. The van der Waals surface area contributed by atoms with Crippen LogP contribution in [0.2, 0.25) is 0 Å². The summed E-state index contributed by atoms with van der Waals surface area (Å²) in [6.07, 6.45) is 0. The number of thiophene rings is 1. The summed E-state index contributed by atoms with van der Waals surface area (Å²) >= 11 is 1.88. The predicted octanol–water partition coefficient (Wildman–Crippen LogP) is 17.4. The molecule has 0 unspecified atom stereocenters. The number of para-hydroxylation sites is 2. The summed E-state index contributed by atoms with van der Waals surface area (Å²) in [5.74, 6) is 0. The lowest BCUT2D eigenvalue weighted by atomic mass is 9.78. The number of hydrogen-bond acceptors (Lipinski definition) is 2. The summed E-state index contributed by atoms with van der Waals surface area (Å²) in [4.78, 5) is 2.53. The van der Waals surface area contributed by atoms with Gasteiger partial charge in [0.15, 0.2) is 0 Å². The molecule has 0 amide bonds. The van der Waals surface area contributed by atoms with Crippen LogP contribution in [-0.4, -0.2) is 0 Å². The number of fused-ring (bicyclic) bond motifs is 5. The van der Waals surface area contributed by atoms with E-state index in [1.54, 1.807) is 0 Å². The zero-order valence-corrected chi connectivity index (χ0v) is 36.1. The SMILES string of the molecule is CC(C)(C)c1cc(-c2cccc3cccc(-c4ccccc4N(c4ccccc4-c4cccc5c4sc4ccccc45)c4cccc5ccccc45)c23)cc(C(C)(C)C)c1. The van der Waals surface area contributed by atoms with Crippen LogP contribution in [0, 0.1) is 0 Å². The van der Waals surface area contributed by atoms with Crippen molar-refractivity contribution in [2.24, 2.45) is 0 Å². The van der Waals surface area contributed by atoms with Crippen molar-refractivity contribution in [3.8, 4) is 33.4 Å². The molecular weight excluding hydrogens is 743 g/mol. The Morgan fingerprint density at radius 2 is 0.833 bits per heavy atom. The summed E-state index contributed by atoms with van der Waals surface area (Å²) in [6.45, 7) is 13.9. The lowest BCUT2D eigenvalue weighted by Crippen LogP contribution is -2.16. The van der Waals surface area contributed by atoms with E-state index in [9.17, 15) is 0 Å². The van der Waals surface area contributed by atoms with Gasteiger partial charge in [-0.1, -0.05) is 205 Å². The predicted molar refractivity (Wildman–Crippen MR) is 263 cm³/mol. The standard InChI is InChI=1S/C58H49NS/c1-57(2,3)41-35-40(36-42(37-41)58(4,5)6)44-27-15-21-39-22-16-28-48(55(39)44)45-24-9-12-31-52(45)59(51-33-17-20-38-19-7-8-23-43(38)51)53-32-13-10-25-46(53)49-29-18-30-50-47-26-11-14-34-54(47)60-56(49)50/h7-37H,1-6H3. The second-order valence-corrected chi connectivity index (χ2v) is 19.2. The van der Waals surface area contributed by atoms with Gasteiger partial charge in [-0.25, -0.2) is 0 Å². The molecule has 292 valence electrons. The quantitative estimate of drug-likeness (QED) is 0.162. The van der Waals surface area contributed by atoms with E-state index in [0.717, 1.165) is 17.1 Å². The van der Waals surface area contributed by atoms with Crippen molar-refractivity contribution in [3.63, 3.8) is 0 Å². The Kier molecular flexibility index (Phi) is 9.23. The van der Waals surface area contributed by atoms with E-state index < -0.39 is 0 Å². The Balaban J connectivity index is 1.26. The van der Waals surface area contributed by atoms with E-state index in [0.29, 0.717) is 0 Å². The highest BCUT2D eigenvalue weighted by atomic mass is 32.1. The first-order valence-corrected chi connectivity index (χ1v) is 21.9. The molecule has 0 radical (unpaired) electrons. The maximum atomic E-state index is 2.53. The van der Waals surface area contributed by atoms with Crippen LogP contribution in [0.15, 0.2) is 188 Å².